The average Bonchev–Trinajstić information content (AvgIpc) is 2.97. The van der Waals surface area contributed by atoms with Gasteiger partial charge in [0.25, 0.3) is 0 Å². The van der Waals surface area contributed by atoms with Crippen LogP contribution in [-0.4, -0.2) is 6.04 Å². The van der Waals surface area contributed by atoms with E-state index in [1.807, 2.05) is 11.3 Å². The molecule has 0 aromatic carbocycles. The summed E-state index contributed by atoms with van der Waals surface area (Å²) in [7, 11) is 0. The second-order valence-corrected chi connectivity index (χ2v) is 8.42. The zero-order valence-electron chi connectivity index (χ0n) is 10.1. The van der Waals surface area contributed by atoms with E-state index in [1.165, 1.54) is 33.5 Å². The average molecular weight is 342 g/mol. The molecule has 0 bridgehead atoms. The molecule has 0 radical (unpaired) electrons. The summed E-state index contributed by atoms with van der Waals surface area (Å²) in [6, 6.07) is 6.84. The first-order chi connectivity index (χ1) is 8.74. The summed E-state index contributed by atoms with van der Waals surface area (Å²) in [6.45, 7) is 0. The zero-order chi connectivity index (χ0) is 12.5. The molecule has 1 nitrogen and oxygen atoms in total. The van der Waals surface area contributed by atoms with Gasteiger partial charge in [0.05, 0.1) is 3.79 Å². The van der Waals surface area contributed by atoms with Crippen LogP contribution < -0.4 is 5.73 Å². The molecule has 0 saturated carbocycles. The summed E-state index contributed by atoms with van der Waals surface area (Å²) in [5.74, 6) is 0.556. The van der Waals surface area contributed by atoms with Gasteiger partial charge < -0.3 is 5.73 Å². The van der Waals surface area contributed by atoms with Gasteiger partial charge in [-0.25, -0.2) is 0 Å². The summed E-state index contributed by atoms with van der Waals surface area (Å²) in [4.78, 5) is 2.95. The summed E-state index contributed by atoms with van der Waals surface area (Å²) in [5.41, 5.74) is 7.98. The Morgan fingerprint density at radius 3 is 3.06 bits per heavy atom. The molecule has 3 rings (SSSR count). The van der Waals surface area contributed by atoms with Gasteiger partial charge in [0.15, 0.2) is 0 Å². The lowest BCUT2D eigenvalue weighted by atomic mass is 9.81. The molecule has 0 saturated heterocycles. The molecule has 1 aliphatic rings. The predicted molar refractivity (Wildman–Crippen MR) is 83.7 cm³/mol. The molecule has 2 heterocycles. The fraction of sp³-hybridized carbons (Fsp3) is 0.429. The summed E-state index contributed by atoms with van der Waals surface area (Å²) < 4.78 is 1.20. The number of thiophene rings is 2. The van der Waals surface area contributed by atoms with Crippen molar-refractivity contribution in [2.24, 2.45) is 5.73 Å². The Bertz CT molecular complexity index is 531. The van der Waals surface area contributed by atoms with Crippen LogP contribution in [0.2, 0.25) is 0 Å². The fourth-order valence-electron chi connectivity index (χ4n) is 2.80. The van der Waals surface area contributed by atoms with Crippen LogP contribution in [0.4, 0.5) is 0 Å². The van der Waals surface area contributed by atoms with E-state index in [-0.39, 0.29) is 6.04 Å². The van der Waals surface area contributed by atoms with Gasteiger partial charge in [0, 0.05) is 21.7 Å². The van der Waals surface area contributed by atoms with Crippen molar-refractivity contribution >= 4 is 38.6 Å². The van der Waals surface area contributed by atoms with Crippen molar-refractivity contribution in [2.75, 3.05) is 0 Å². The molecular formula is C14H16BrNS2. The van der Waals surface area contributed by atoms with Crippen molar-refractivity contribution in [3.63, 3.8) is 0 Å². The smallest absolute Gasteiger partial charge is 0.0701 e. The van der Waals surface area contributed by atoms with Crippen LogP contribution in [-0.2, 0) is 12.8 Å². The van der Waals surface area contributed by atoms with Crippen molar-refractivity contribution < 1.29 is 0 Å². The Balaban J connectivity index is 1.76. The lowest BCUT2D eigenvalue weighted by molar-refractivity contribution is 0.465. The molecule has 0 spiro atoms. The number of nitrogens with two attached hydrogens (primary N) is 1. The predicted octanol–water partition coefficient (Wildman–Crippen LogP) is 4.56. The highest BCUT2D eigenvalue weighted by atomic mass is 79.9. The number of fused-ring (bicyclic) bond motifs is 1. The van der Waals surface area contributed by atoms with E-state index in [9.17, 15) is 0 Å². The van der Waals surface area contributed by atoms with Gasteiger partial charge in [-0.3, -0.25) is 0 Å². The van der Waals surface area contributed by atoms with Gasteiger partial charge in [-0.05, 0) is 70.8 Å². The first-order valence-electron chi connectivity index (χ1n) is 6.30. The summed E-state index contributed by atoms with van der Waals surface area (Å²) in [6.07, 6.45) is 4.79. The van der Waals surface area contributed by atoms with Gasteiger partial charge >= 0.3 is 0 Å². The molecular weight excluding hydrogens is 326 g/mol. The number of rotatable bonds is 3. The third-order valence-electron chi connectivity index (χ3n) is 3.68. The van der Waals surface area contributed by atoms with Crippen LogP contribution >= 0.6 is 38.6 Å². The van der Waals surface area contributed by atoms with Crippen molar-refractivity contribution in [3.8, 4) is 0 Å². The van der Waals surface area contributed by atoms with Gasteiger partial charge in [0.2, 0.25) is 0 Å². The molecule has 1 aliphatic carbocycles. The third-order valence-corrected chi connectivity index (χ3v) is 6.32. The van der Waals surface area contributed by atoms with E-state index >= 15 is 0 Å². The number of halogens is 1. The maximum Gasteiger partial charge on any atom is 0.0701 e. The maximum absolute atomic E-state index is 6.46. The Morgan fingerprint density at radius 1 is 1.39 bits per heavy atom. The standard InChI is InChI=1S/C14H16BrNS2/c15-14-5-4-9(18-14)8-12(16)10-2-1-3-13-11(10)6-7-17-13/h4-7,10,12H,1-3,8,16H2. The zero-order valence-corrected chi connectivity index (χ0v) is 13.3. The Hall–Kier alpha value is -0.160. The van der Waals surface area contributed by atoms with Crippen LogP contribution in [0.25, 0.3) is 0 Å². The Labute approximate surface area is 124 Å². The van der Waals surface area contributed by atoms with Crippen LogP contribution in [0.1, 0.15) is 34.1 Å². The minimum atomic E-state index is 0.254. The molecule has 2 aromatic rings. The van der Waals surface area contributed by atoms with E-state index in [2.05, 4.69) is 39.5 Å². The quantitative estimate of drug-likeness (QED) is 0.869. The lowest BCUT2D eigenvalue weighted by Crippen LogP contribution is -2.32. The molecule has 0 aliphatic heterocycles. The molecule has 4 heteroatoms. The van der Waals surface area contributed by atoms with E-state index in [4.69, 9.17) is 5.73 Å². The second-order valence-electron chi connectivity index (χ2n) is 4.87. The molecule has 0 fully saturated rings. The number of hydrogen-bond donors (Lipinski definition) is 1. The Kier molecular flexibility index (Phi) is 3.89. The monoisotopic (exact) mass is 341 g/mol. The van der Waals surface area contributed by atoms with Gasteiger partial charge in [-0.2, -0.15) is 0 Å². The molecule has 96 valence electrons. The van der Waals surface area contributed by atoms with Crippen LogP contribution in [0.15, 0.2) is 27.4 Å². The fourth-order valence-corrected chi connectivity index (χ4v) is 5.35. The van der Waals surface area contributed by atoms with Crippen LogP contribution in [0, 0.1) is 0 Å². The first kappa shape index (κ1) is 12.9. The highest BCUT2D eigenvalue weighted by Gasteiger charge is 2.26. The molecule has 2 aromatic heterocycles. The molecule has 2 atom stereocenters. The highest BCUT2D eigenvalue weighted by Crippen LogP contribution is 2.37. The van der Waals surface area contributed by atoms with Crippen LogP contribution in [0.5, 0.6) is 0 Å². The van der Waals surface area contributed by atoms with Crippen molar-refractivity contribution in [1.29, 1.82) is 0 Å². The van der Waals surface area contributed by atoms with Crippen molar-refractivity contribution in [1.82, 2.24) is 0 Å². The Morgan fingerprint density at radius 2 is 2.28 bits per heavy atom. The van der Waals surface area contributed by atoms with Crippen molar-refractivity contribution in [2.45, 2.75) is 37.6 Å². The highest BCUT2D eigenvalue weighted by molar-refractivity contribution is 9.11. The molecule has 0 amide bonds. The third kappa shape index (κ3) is 2.57. The summed E-state index contributed by atoms with van der Waals surface area (Å²) >= 11 is 7.22. The van der Waals surface area contributed by atoms with Gasteiger partial charge in [0.1, 0.15) is 0 Å². The largest absolute Gasteiger partial charge is 0.327 e. The SMILES string of the molecule is NC(Cc1ccc(Br)s1)C1CCCc2sccc21. The van der Waals surface area contributed by atoms with Gasteiger partial charge in [-0.15, -0.1) is 22.7 Å². The number of hydrogen-bond acceptors (Lipinski definition) is 3. The minimum absolute atomic E-state index is 0.254. The van der Waals surface area contributed by atoms with Crippen LogP contribution in [0.3, 0.4) is 0 Å². The lowest BCUT2D eigenvalue weighted by Gasteiger charge is -2.27. The molecule has 18 heavy (non-hydrogen) atoms. The van der Waals surface area contributed by atoms with Gasteiger partial charge in [-0.1, -0.05) is 0 Å². The maximum atomic E-state index is 6.46. The normalized spacial score (nSPS) is 20.7. The summed E-state index contributed by atoms with van der Waals surface area (Å²) in [5, 5.41) is 2.22. The molecule has 2 unspecified atom stereocenters. The first-order valence-corrected chi connectivity index (χ1v) is 8.79. The minimum Gasteiger partial charge on any atom is -0.327 e. The van der Waals surface area contributed by atoms with E-state index in [1.54, 1.807) is 16.2 Å². The molecule has 2 N–H and O–H groups in total. The number of aryl methyl sites for hydroxylation is 1. The van der Waals surface area contributed by atoms with Crippen molar-refractivity contribution in [3.05, 3.63) is 42.7 Å². The van der Waals surface area contributed by atoms with E-state index in [0.29, 0.717) is 5.92 Å². The van der Waals surface area contributed by atoms with E-state index < -0.39 is 0 Å². The van der Waals surface area contributed by atoms with E-state index in [0.717, 1.165) is 6.42 Å². The second kappa shape index (κ2) is 5.45. The topological polar surface area (TPSA) is 26.0 Å².